The van der Waals surface area contributed by atoms with Crippen LogP contribution in [0.2, 0.25) is 0 Å². The van der Waals surface area contributed by atoms with Crippen LogP contribution in [0.4, 0.5) is 0 Å². The Bertz CT molecular complexity index is 483. The Hall–Kier alpha value is -1.28. The van der Waals surface area contributed by atoms with Crippen molar-refractivity contribution >= 4 is 23.2 Å². The van der Waals surface area contributed by atoms with Crippen LogP contribution in [0.5, 0.6) is 0 Å². The van der Waals surface area contributed by atoms with E-state index in [0.717, 1.165) is 0 Å². The van der Waals surface area contributed by atoms with Crippen LogP contribution < -0.4 is 5.32 Å². The van der Waals surface area contributed by atoms with Crippen molar-refractivity contribution in [1.82, 2.24) is 5.32 Å². The van der Waals surface area contributed by atoms with Gasteiger partial charge in [0.05, 0.1) is 6.04 Å². The van der Waals surface area contributed by atoms with Gasteiger partial charge in [-0.2, -0.15) is 0 Å². The molecule has 0 amide bonds. The van der Waals surface area contributed by atoms with Crippen LogP contribution in [-0.4, -0.2) is 6.54 Å². The highest BCUT2D eigenvalue weighted by Crippen LogP contribution is 2.22. The summed E-state index contributed by atoms with van der Waals surface area (Å²) in [5.74, 6) is 0. The predicted octanol–water partition coefficient (Wildman–Crippen LogP) is 4.68. The van der Waals surface area contributed by atoms with Crippen LogP contribution in [0.1, 0.15) is 17.2 Å². The zero-order chi connectivity index (χ0) is 13.5. The molecule has 2 aromatic carbocycles. The van der Waals surface area contributed by atoms with Gasteiger partial charge < -0.3 is 5.32 Å². The Balaban J connectivity index is 2.24. The fourth-order valence-electron chi connectivity index (χ4n) is 1.96. The Labute approximate surface area is 123 Å². The molecule has 0 bridgehead atoms. The maximum absolute atomic E-state index is 5.95. The molecule has 0 aromatic heterocycles. The smallest absolute Gasteiger partial charge is 0.0579 e. The Morgan fingerprint density at radius 1 is 0.947 bits per heavy atom. The predicted molar refractivity (Wildman–Crippen MR) is 82.5 cm³/mol. The maximum Gasteiger partial charge on any atom is 0.0579 e. The van der Waals surface area contributed by atoms with E-state index in [-0.39, 0.29) is 6.04 Å². The van der Waals surface area contributed by atoms with Crippen molar-refractivity contribution in [3.05, 3.63) is 82.4 Å². The summed E-state index contributed by atoms with van der Waals surface area (Å²) in [4.78, 5) is 0. The van der Waals surface area contributed by atoms with Gasteiger partial charge in [-0.25, -0.2) is 0 Å². The highest BCUT2D eigenvalue weighted by Gasteiger charge is 2.12. The molecular weight excluding hydrogens is 277 g/mol. The van der Waals surface area contributed by atoms with Gasteiger partial charge in [0, 0.05) is 17.1 Å². The van der Waals surface area contributed by atoms with Gasteiger partial charge in [0.1, 0.15) is 0 Å². The summed E-state index contributed by atoms with van der Waals surface area (Å²) in [6.45, 7) is 0.541. The third kappa shape index (κ3) is 4.10. The summed E-state index contributed by atoms with van der Waals surface area (Å²) in [5.41, 5.74) is 3.79. The number of halogens is 2. The minimum atomic E-state index is 0.104. The van der Waals surface area contributed by atoms with Crippen molar-refractivity contribution in [2.24, 2.45) is 0 Å². The standard InChI is InChI=1S/C16H15Cl2N/c17-11-15(18)12-19-16(13-7-3-1-4-8-13)14-9-5-2-6-10-14/h1-11,16,19H,12H2. The zero-order valence-electron chi connectivity index (χ0n) is 10.4. The second-order valence-corrected chi connectivity index (χ2v) is 4.89. The Morgan fingerprint density at radius 2 is 1.42 bits per heavy atom. The van der Waals surface area contributed by atoms with Crippen LogP contribution in [0.15, 0.2) is 71.2 Å². The summed E-state index contributed by atoms with van der Waals surface area (Å²) in [7, 11) is 0. The summed E-state index contributed by atoms with van der Waals surface area (Å²) >= 11 is 11.5. The van der Waals surface area contributed by atoms with Crippen molar-refractivity contribution in [2.45, 2.75) is 6.04 Å². The van der Waals surface area contributed by atoms with Crippen molar-refractivity contribution in [3.8, 4) is 0 Å². The van der Waals surface area contributed by atoms with Crippen LogP contribution in [0.3, 0.4) is 0 Å². The van der Waals surface area contributed by atoms with Gasteiger partial charge in [-0.15, -0.1) is 0 Å². The van der Waals surface area contributed by atoms with Gasteiger partial charge in [0.2, 0.25) is 0 Å². The average molecular weight is 292 g/mol. The van der Waals surface area contributed by atoms with Gasteiger partial charge in [0.15, 0.2) is 0 Å². The number of hydrogen-bond donors (Lipinski definition) is 1. The monoisotopic (exact) mass is 291 g/mol. The quantitative estimate of drug-likeness (QED) is 0.843. The largest absolute Gasteiger partial charge is 0.301 e. The molecule has 0 unspecified atom stereocenters. The molecule has 0 saturated carbocycles. The molecule has 0 radical (unpaired) electrons. The molecule has 0 fully saturated rings. The second-order valence-electron chi connectivity index (χ2n) is 4.19. The van der Waals surface area contributed by atoms with E-state index in [2.05, 4.69) is 29.6 Å². The third-order valence-corrected chi connectivity index (χ3v) is 3.48. The molecule has 3 heteroatoms. The van der Waals surface area contributed by atoms with E-state index in [4.69, 9.17) is 23.2 Å². The molecule has 98 valence electrons. The first kappa shape index (κ1) is 14.1. The normalized spacial score (nSPS) is 11.8. The van der Waals surface area contributed by atoms with Gasteiger partial charge >= 0.3 is 0 Å². The molecule has 0 heterocycles. The van der Waals surface area contributed by atoms with Crippen molar-refractivity contribution in [3.63, 3.8) is 0 Å². The SMILES string of the molecule is ClC=C(Cl)CNC(c1ccccc1)c1ccccc1. The van der Waals surface area contributed by atoms with Crippen molar-refractivity contribution in [2.75, 3.05) is 6.54 Å². The third-order valence-electron chi connectivity index (χ3n) is 2.86. The fourth-order valence-corrected chi connectivity index (χ4v) is 2.11. The maximum atomic E-state index is 5.95. The first-order chi connectivity index (χ1) is 9.31. The number of nitrogens with one attached hydrogen (secondary N) is 1. The molecule has 0 aliphatic carbocycles. The lowest BCUT2D eigenvalue weighted by Crippen LogP contribution is -2.23. The van der Waals surface area contributed by atoms with Gasteiger partial charge in [0.25, 0.3) is 0 Å². The molecule has 1 nitrogen and oxygen atoms in total. The molecule has 19 heavy (non-hydrogen) atoms. The Kier molecular flexibility index (Phi) is 5.46. The van der Waals surface area contributed by atoms with Gasteiger partial charge in [-0.05, 0) is 11.1 Å². The highest BCUT2D eigenvalue weighted by atomic mass is 35.5. The van der Waals surface area contributed by atoms with Crippen LogP contribution in [0.25, 0.3) is 0 Å². The topological polar surface area (TPSA) is 12.0 Å². The first-order valence-corrected chi connectivity index (χ1v) is 6.90. The molecule has 0 aliphatic heterocycles. The fraction of sp³-hybridized carbons (Fsp3) is 0.125. The molecule has 2 rings (SSSR count). The van der Waals surface area contributed by atoms with E-state index in [1.165, 1.54) is 16.7 Å². The van der Waals surface area contributed by atoms with E-state index >= 15 is 0 Å². The van der Waals surface area contributed by atoms with E-state index in [0.29, 0.717) is 11.6 Å². The number of hydrogen-bond acceptors (Lipinski definition) is 1. The summed E-state index contributed by atoms with van der Waals surface area (Å²) in [6.07, 6.45) is 0. The summed E-state index contributed by atoms with van der Waals surface area (Å²) in [5, 5.41) is 4.01. The lowest BCUT2D eigenvalue weighted by atomic mass is 9.99. The van der Waals surface area contributed by atoms with Crippen LogP contribution in [-0.2, 0) is 0 Å². The summed E-state index contributed by atoms with van der Waals surface area (Å²) < 4.78 is 0. The van der Waals surface area contributed by atoms with Gasteiger partial charge in [-0.1, -0.05) is 83.9 Å². The number of rotatable bonds is 5. The minimum absolute atomic E-state index is 0.104. The van der Waals surface area contributed by atoms with E-state index in [1.807, 2.05) is 36.4 Å². The van der Waals surface area contributed by atoms with Crippen molar-refractivity contribution in [1.29, 1.82) is 0 Å². The van der Waals surface area contributed by atoms with E-state index < -0.39 is 0 Å². The number of benzene rings is 2. The average Bonchev–Trinajstić information content (AvgIpc) is 2.49. The first-order valence-electron chi connectivity index (χ1n) is 6.09. The summed E-state index contributed by atoms with van der Waals surface area (Å²) in [6, 6.07) is 20.7. The molecule has 0 spiro atoms. The molecule has 2 aromatic rings. The van der Waals surface area contributed by atoms with Gasteiger partial charge in [-0.3, -0.25) is 0 Å². The van der Waals surface area contributed by atoms with Crippen LogP contribution in [0, 0.1) is 0 Å². The minimum Gasteiger partial charge on any atom is -0.301 e. The molecule has 0 aliphatic rings. The lowest BCUT2D eigenvalue weighted by Gasteiger charge is -2.19. The van der Waals surface area contributed by atoms with E-state index in [9.17, 15) is 0 Å². The highest BCUT2D eigenvalue weighted by molar-refractivity contribution is 6.36. The lowest BCUT2D eigenvalue weighted by molar-refractivity contribution is 0.649. The van der Waals surface area contributed by atoms with Crippen molar-refractivity contribution < 1.29 is 0 Å². The molecule has 1 N–H and O–H groups in total. The molecule has 0 atom stereocenters. The molecular formula is C16H15Cl2N. The van der Waals surface area contributed by atoms with Crippen LogP contribution >= 0.6 is 23.2 Å². The second kappa shape index (κ2) is 7.34. The van der Waals surface area contributed by atoms with E-state index in [1.54, 1.807) is 0 Å². The molecule has 0 saturated heterocycles. The zero-order valence-corrected chi connectivity index (χ0v) is 11.9. The Morgan fingerprint density at radius 3 is 1.84 bits per heavy atom.